The van der Waals surface area contributed by atoms with Gasteiger partial charge in [-0.15, -0.1) is 0 Å². The molecule has 0 aromatic heterocycles. The summed E-state index contributed by atoms with van der Waals surface area (Å²) in [6, 6.07) is 6.47. The van der Waals surface area contributed by atoms with E-state index in [-0.39, 0.29) is 6.61 Å². The molecule has 4 aliphatic rings. The molecule has 2 N–H and O–H groups in total. The fourth-order valence-corrected chi connectivity index (χ4v) is 5.68. The molecule has 0 aliphatic heterocycles. The van der Waals surface area contributed by atoms with Gasteiger partial charge in [-0.25, -0.2) is 0 Å². The summed E-state index contributed by atoms with van der Waals surface area (Å²) in [7, 11) is 0. The molecule has 4 fully saturated rings. The lowest BCUT2D eigenvalue weighted by molar-refractivity contribution is -0.0206. The summed E-state index contributed by atoms with van der Waals surface area (Å²) in [5.74, 6) is 2.96. The van der Waals surface area contributed by atoms with Crippen LogP contribution in [0, 0.1) is 24.7 Å². The van der Waals surface area contributed by atoms with Gasteiger partial charge in [0.1, 0.15) is 0 Å². The predicted molar refractivity (Wildman–Crippen MR) is 84.8 cm³/mol. The van der Waals surface area contributed by atoms with Crippen LogP contribution in [0.1, 0.15) is 55.2 Å². The average molecular weight is 285 g/mol. The minimum atomic E-state index is 0.152. The fourth-order valence-electron chi connectivity index (χ4n) is 5.68. The van der Waals surface area contributed by atoms with Gasteiger partial charge in [0, 0.05) is 12.1 Å². The van der Waals surface area contributed by atoms with Crippen molar-refractivity contribution in [2.75, 3.05) is 0 Å². The van der Waals surface area contributed by atoms with Crippen molar-refractivity contribution in [2.45, 2.75) is 64.1 Å². The molecule has 0 atom stereocenters. The molecule has 0 amide bonds. The predicted octanol–water partition coefficient (Wildman–Crippen LogP) is 3.55. The van der Waals surface area contributed by atoms with Crippen molar-refractivity contribution in [1.29, 1.82) is 0 Å². The number of aliphatic hydroxyl groups excluding tert-OH is 1. The molecule has 4 saturated carbocycles. The number of hydrogen-bond acceptors (Lipinski definition) is 2. The number of hydrogen-bond donors (Lipinski definition) is 2. The van der Waals surface area contributed by atoms with E-state index in [1.165, 1.54) is 49.7 Å². The minimum absolute atomic E-state index is 0.152. The Kier molecular flexibility index (Phi) is 3.35. The van der Waals surface area contributed by atoms with Gasteiger partial charge in [0.15, 0.2) is 0 Å². The maximum absolute atomic E-state index is 9.58. The van der Waals surface area contributed by atoms with Crippen LogP contribution in [0.5, 0.6) is 0 Å². The second kappa shape index (κ2) is 5.10. The molecule has 2 heteroatoms. The van der Waals surface area contributed by atoms with E-state index >= 15 is 0 Å². The van der Waals surface area contributed by atoms with E-state index in [1.807, 2.05) is 0 Å². The Morgan fingerprint density at radius 3 is 2.24 bits per heavy atom. The summed E-state index contributed by atoms with van der Waals surface area (Å²) < 4.78 is 0. The molecular weight excluding hydrogens is 258 g/mol. The van der Waals surface area contributed by atoms with Crippen LogP contribution in [0.4, 0.5) is 0 Å². The number of benzene rings is 1. The van der Waals surface area contributed by atoms with Gasteiger partial charge < -0.3 is 10.4 Å². The van der Waals surface area contributed by atoms with Gasteiger partial charge in [-0.2, -0.15) is 0 Å². The van der Waals surface area contributed by atoms with Crippen molar-refractivity contribution in [3.8, 4) is 0 Å². The van der Waals surface area contributed by atoms with Crippen LogP contribution in [-0.2, 0) is 13.2 Å². The van der Waals surface area contributed by atoms with Gasteiger partial charge in [-0.3, -0.25) is 0 Å². The van der Waals surface area contributed by atoms with Gasteiger partial charge in [0.05, 0.1) is 6.61 Å². The zero-order chi connectivity index (χ0) is 14.4. The third-order valence-electron chi connectivity index (χ3n) is 6.22. The Hall–Kier alpha value is -0.860. The average Bonchev–Trinajstić information content (AvgIpc) is 2.44. The van der Waals surface area contributed by atoms with E-state index in [1.54, 1.807) is 0 Å². The monoisotopic (exact) mass is 285 g/mol. The summed E-state index contributed by atoms with van der Waals surface area (Å²) in [5, 5.41) is 13.5. The molecule has 21 heavy (non-hydrogen) atoms. The van der Waals surface area contributed by atoms with E-state index < -0.39 is 0 Å². The summed E-state index contributed by atoms with van der Waals surface area (Å²) in [5.41, 5.74) is 4.01. The molecule has 0 unspecified atom stereocenters. The summed E-state index contributed by atoms with van der Waals surface area (Å²) >= 11 is 0. The van der Waals surface area contributed by atoms with Crippen molar-refractivity contribution in [3.63, 3.8) is 0 Å². The Labute approximate surface area is 128 Å². The number of aliphatic hydroxyl groups is 1. The molecular formula is C19H27NO. The summed E-state index contributed by atoms with van der Waals surface area (Å²) in [6.45, 7) is 3.16. The highest BCUT2D eigenvalue weighted by molar-refractivity contribution is 5.31. The lowest BCUT2D eigenvalue weighted by Crippen LogP contribution is -2.58. The van der Waals surface area contributed by atoms with Gasteiger partial charge in [-0.05, 0) is 74.3 Å². The molecule has 5 rings (SSSR count). The Morgan fingerprint density at radius 1 is 1.05 bits per heavy atom. The standard InChI is InChI=1S/C19H27NO/c1-13-2-3-17(18(4-13)12-21)11-20-19-8-14-5-15(9-19)7-16(6-14)10-19/h2-4,14-16,20-21H,5-12H2,1H3. The van der Waals surface area contributed by atoms with Gasteiger partial charge in [0.2, 0.25) is 0 Å². The molecule has 4 aliphatic carbocycles. The number of nitrogens with one attached hydrogen (secondary N) is 1. The molecule has 1 aromatic rings. The number of aryl methyl sites for hydroxylation is 1. The van der Waals surface area contributed by atoms with Gasteiger partial charge in [-0.1, -0.05) is 23.8 Å². The van der Waals surface area contributed by atoms with E-state index in [9.17, 15) is 5.11 Å². The first-order valence-corrected chi connectivity index (χ1v) is 8.60. The van der Waals surface area contributed by atoms with Crippen molar-refractivity contribution < 1.29 is 5.11 Å². The van der Waals surface area contributed by atoms with Crippen LogP contribution in [0.15, 0.2) is 18.2 Å². The van der Waals surface area contributed by atoms with E-state index in [0.717, 1.165) is 29.9 Å². The van der Waals surface area contributed by atoms with Crippen molar-refractivity contribution in [3.05, 3.63) is 34.9 Å². The first kappa shape index (κ1) is 13.8. The largest absolute Gasteiger partial charge is 0.392 e. The Bertz CT molecular complexity index is 501. The molecule has 0 radical (unpaired) electrons. The van der Waals surface area contributed by atoms with Crippen LogP contribution in [0.3, 0.4) is 0 Å². The summed E-state index contributed by atoms with van der Waals surface area (Å²) in [4.78, 5) is 0. The molecule has 114 valence electrons. The third-order valence-corrected chi connectivity index (χ3v) is 6.22. The first-order chi connectivity index (χ1) is 10.2. The van der Waals surface area contributed by atoms with E-state index in [0.29, 0.717) is 5.54 Å². The van der Waals surface area contributed by atoms with Crippen LogP contribution in [0.2, 0.25) is 0 Å². The third kappa shape index (κ3) is 2.53. The lowest BCUT2D eigenvalue weighted by atomic mass is 9.53. The first-order valence-electron chi connectivity index (χ1n) is 8.60. The second-order valence-electron chi connectivity index (χ2n) is 7.98. The Morgan fingerprint density at radius 2 is 1.67 bits per heavy atom. The minimum Gasteiger partial charge on any atom is -0.392 e. The number of rotatable bonds is 4. The van der Waals surface area contributed by atoms with Crippen LogP contribution >= 0.6 is 0 Å². The van der Waals surface area contributed by atoms with Crippen LogP contribution < -0.4 is 5.32 Å². The van der Waals surface area contributed by atoms with Crippen LogP contribution in [0.25, 0.3) is 0 Å². The molecule has 0 spiro atoms. The maximum Gasteiger partial charge on any atom is 0.0685 e. The molecule has 0 heterocycles. The topological polar surface area (TPSA) is 32.3 Å². The maximum atomic E-state index is 9.58. The molecule has 2 nitrogen and oxygen atoms in total. The van der Waals surface area contributed by atoms with E-state index in [4.69, 9.17) is 0 Å². The van der Waals surface area contributed by atoms with Crippen LogP contribution in [-0.4, -0.2) is 10.6 Å². The Balaban J connectivity index is 1.49. The lowest BCUT2D eigenvalue weighted by Gasteiger charge is -2.57. The SMILES string of the molecule is Cc1ccc(CNC23CC4CC(CC(C4)C2)C3)c(CO)c1. The zero-order valence-corrected chi connectivity index (χ0v) is 13.1. The van der Waals surface area contributed by atoms with Gasteiger partial charge in [0.25, 0.3) is 0 Å². The fraction of sp³-hybridized carbons (Fsp3) is 0.684. The van der Waals surface area contributed by atoms with E-state index in [2.05, 4.69) is 30.4 Å². The smallest absolute Gasteiger partial charge is 0.0685 e. The molecule has 1 aromatic carbocycles. The highest BCUT2D eigenvalue weighted by Gasteiger charge is 2.50. The normalized spacial score (nSPS) is 37.1. The van der Waals surface area contributed by atoms with Crippen molar-refractivity contribution >= 4 is 0 Å². The quantitative estimate of drug-likeness (QED) is 0.887. The zero-order valence-electron chi connectivity index (χ0n) is 13.1. The van der Waals surface area contributed by atoms with Crippen molar-refractivity contribution in [1.82, 2.24) is 5.32 Å². The summed E-state index contributed by atoms with van der Waals surface area (Å²) in [6.07, 6.45) is 8.64. The molecule has 0 saturated heterocycles. The molecule has 4 bridgehead atoms. The highest BCUT2D eigenvalue weighted by atomic mass is 16.3. The second-order valence-corrected chi connectivity index (χ2v) is 7.98. The van der Waals surface area contributed by atoms with Crippen molar-refractivity contribution in [2.24, 2.45) is 17.8 Å². The highest BCUT2D eigenvalue weighted by Crippen LogP contribution is 2.55. The van der Waals surface area contributed by atoms with Gasteiger partial charge >= 0.3 is 0 Å².